The van der Waals surface area contributed by atoms with Crippen molar-refractivity contribution in [2.24, 2.45) is 16.6 Å². The van der Waals surface area contributed by atoms with Crippen molar-refractivity contribution in [2.75, 3.05) is 0 Å². The third-order valence-corrected chi connectivity index (χ3v) is 1.74. The Morgan fingerprint density at radius 3 is 2.33 bits per heavy atom. The number of hydrogen-bond acceptors (Lipinski definition) is 4. The summed E-state index contributed by atoms with van der Waals surface area (Å²) in [6.45, 7) is 0.821. The fraction of sp³-hybridized carbons (Fsp3) is 0.250. The van der Waals surface area contributed by atoms with E-state index in [0.29, 0.717) is 18.8 Å². The van der Waals surface area contributed by atoms with Gasteiger partial charge in [-0.15, -0.1) is 4.91 Å². The molecule has 0 atom stereocenters. The third kappa shape index (κ3) is 1.66. The lowest BCUT2D eigenvalue weighted by Crippen LogP contribution is -2.05. The van der Waals surface area contributed by atoms with Crippen LogP contribution in [0.15, 0.2) is 23.4 Å². The van der Waals surface area contributed by atoms with Crippen molar-refractivity contribution in [1.29, 1.82) is 0 Å². The van der Waals surface area contributed by atoms with Crippen LogP contribution in [0.3, 0.4) is 0 Å². The molecule has 64 valence electrons. The van der Waals surface area contributed by atoms with Gasteiger partial charge in [-0.25, -0.2) is 0 Å². The van der Waals surface area contributed by atoms with Gasteiger partial charge in [-0.2, -0.15) is 0 Å². The summed E-state index contributed by atoms with van der Waals surface area (Å²) in [4.78, 5) is 10.2. The molecule has 0 amide bonds. The molecule has 1 aromatic rings. The van der Waals surface area contributed by atoms with Gasteiger partial charge in [0.05, 0.1) is 0 Å². The molecular formula is C8H11N3O. The molecule has 0 aromatic heterocycles. The highest BCUT2D eigenvalue weighted by molar-refractivity contribution is 5.43. The first kappa shape index (κ1) is 8.83. The highest BCUT2D eigenvalue weighted by Crippen LogP contribution is 2.17. The Balaban J connectivity index is 3.10. The van der Waals surface area contributed by atoms with Crippen molar-refractivity contribution in [3.63, 3.8) is 0 Å². The maximum Gasteiger partial charge on any atom is 0.108 e. The van der Waals surface area contributed by atoms with Gasteiger partial charge in [0.2, 0.25) is 0 Å². The molecule has 0 aliphatic rings. The largest absolute Gasteiger partial charge is 0.326 e. The third-order valence-electron chi connectivity index (χ3n) is 1.74. The molecule has 0 saturated heterocycles. The zero-order chi connectivity index (χ0) is 8.97. The number of benzene rings is 1. The molecule has 0 saturated carbocycles. The average Bonchev–Trinajstić information content (AvgIpc) is 2.16. The summed E-state index contributed by atoms with van der Waals surface area (Å²) >= 11 is 0. The molecule has 4 heteroatoms. The van der Waals surface area contributed by atoms with Gasteiger partial charge in [-0.1, -0.05) is 6.07 Å². The summed E-state index contributed by atoms with van der Waals surface area (Å²) < 4.78 is 0. The predicted molar refractivity (Wildman–Crippen MR) is 47.7 cm³/mol. The number of rotatable bonds is 3. The van der Waals surface area contributed by atoms with Crippen LogP contribution in [0, 0.1) is 4.91 Å². The van der Waals surface area contributed by atoms with E-state index in [1.54, 1.807) is 18.2 Å². The second-order valence-electron chi connectivity index (χ2n) is 2.45. The second kappa shape index (κ2) is 3.94. The minimum absolute atomic E-state index is 0.385. The molecule has 0 spiro atoms. The molecule has 0 unspecified atom stereocenters. The van der Waals surface area contributed by atoms with Gasteiger partial charge < -0.3 is 11.5 Å². The number of nitrogens with zero attached hydrogens (tertiary/aromatic N) is 1. The molecule has 0 bridgehead atoms. The smallest absolute Gasteiger partial charge is 0.108 e. The van der Waals surface area contributed by atoms with Crippen LogP contribution in [0.5, 0.6) is 0 Å². The average molecular weight is 165 g/mol. The molecule has 12 heavy (non-hydrogen) atoms. The SMILES string of the molecule is NCc1ccc(N=O)cc1CN. The molecule has 0 radical (unpaired) electrons. The van der Waals surface area contributed by atoms with E-state index in [9.17, 15) is 4.91 Å². The fourth-order valence-electron chi connectivity index (χ4n) is 1.06. The van der Waals surface area contributed by atoms with E-state index < -0.39 is 0 Å². The van der Waals surface area contributed by atoms with Gasteiger partial charge in [0.25, 0.3) is 0 Å². The van der Waals surface area contributed by atoms with E-state index in [0.717, 1.165) is 11.1 Å². The van der Waals surface area contributed by atoms with E-state index in [2.05, 4.69) is 5.18 Å². The molecule has 0 aliphatic heterocycles. The maximum atomic E-state index is 10.2. The zero-order valence-corrected chi connectivity index (χ0v) is 6.66. The first-order valence-corrected chi connectivity index (χ1v) is 3.67. The van der Waals surface area contributed by atoms with E-state index >= 15 is 0 Å². The Labute approximate surface area is 70.5 Å². The zero-order valence-electron chi connectivity index (χ0n) is 6.66. The van der Waals surface area contributed by atoms with Crippen molar-refractivity contribution in [2.45, 2.75) is 13.1 Å². The van der Waals surface area contributed by atoms with Crippen LogP contribution in [0.4, 0.5) is 5.69 Å². The topological polar surface area (TPSA) is 81.5 Å². The number of nitroso groups, excluding NO2 is 1. The van der Waals surface area contributed by atoms with Crippen LogP contribution in [-0.4, -0.2) is 0 Å². The van der Waals surface area contributed by atoms with E-state index in [-0.39, 0.29) is 0 Å². The number of hydrogen-bond donors (Lipinski definition) is 2. The van der Waals surface area contributed by atoms with Crippen molar-refractivity contribution in [1.82, 2.24) is 0 Å². The van der Waals surface area contributed by atoms with Gasteiger partial charge in [-0.05, 0) is 28.4 Å². The maximum absolute atomic E-state index is 10.2. The molecule has 4 N–H and O–H groups in total. The molecule has 4 nitrogen and oxygen atoms in total. The quantitative estimate of drug-likeness (QED) is 0.655. The molecule has 0 fully saturated rings. The van der Waals surface area contributed by atoms with Crippen LogP contribution >= 0.6 is 0 Å². The monoisotopic (exact) mass is 165 g/mol. The van der Waals surface area contributed by atoms with Gasteiger partial charge >= 0.3 is 0 Å². The Kier molecular flexibility index (Phi) is 2.90. The highest BCUT2D eigenvalue weighted by Gasteiger charge is 2.00. The summed E-state index contributed by atoms with van der Waals surface area (Å²) in [5.74, 6) is 0. The Hall–Kier alpha value is -1.26. The summed E-state index contributed by atoms with van der Waals surface area (Å²) in [7, 11) is 0. The molecular weight excluding hydrogens is 154 g/mol. The van der Waals surface area contributed by atoms with Crippen LogP contribution < -0.4 is 11.5 Å². The van der Waals surface area contributed by atoms with Crippen LogP contribution in [-0.2, 0) is 13.1 Å². The lowest BCUT2D eigenvalue weighted by Gasteiger charge is -2.04. The van der Waals surface area contributed by atoms with Gasteiger partial charge in [-0.3, -0.25) is 0 Å². The van der Waals surface area contributed by atoms with Gasteiger partial charge in [0.15, 0.2) is 0 Å². The first-order valence-electron chi connectivity index (χ1n) is 3.67. The Morgan fingerprint density at radius 2 is 1.83 bits per heavy atom. The summed E-state index contributed by atoms with van der Waals surface area (Å²) in [6.07, 6.45) is 0. The van der Waals surface area contributed by atoms with Crippen molar-refractivity contribution in [3.05, 3.63) is 34.2 Å². The van der Waals surface area contributed by atoms with Crippen LogP contribution in [0.25, 0.3) is 0 Å². The second-order valence-corrected chi connectivity index (χ2v) is 2.45. The van der Waals surface area contributed by atoms with Crippen LogP contribution in [0.2, 0.25) is 0 Å². The minimum Gasteiger partial charge on any atom is -0.326 e. The lowest BCUT2D eigenvalue weighted by molar-refractivity contribution is 0.979. The minimum atomic E-state index is 0.385. The molecule has 0 aliphatic carbocycles. The van der Waals surface area contributed by atoms with Crippen molar-refractivity contribution < 1.29 is 0 Å². The Morgan fingerprint density at radius 1 is 1.17 bits per heavy atom. The summed E-state index contributed by atoms with van der Waals surface area (Å²) in [5, 5.41) is 2.81. The fourth-order valence-corrected chi connectivity index (χ4v) is 1.06. The van der Waals surface area contributed by atoms with Crippen molar-refractivity contribution in [3.8, 4) is 0 Å². The van der Waals surface area contributed by atoms with E-state index in [1.165, 1.54) is 0 Å². The van der Waals surface area contributed by atoms with E-state index in [1.807, 2.05) is 0 Å². The number of nitrogens with two attached hydrogens (primary N) is 2. The van der Waals surface area contributed by atoms with Crippen LogP contribution in [0.1, 0.15) is 11.1 Å². The van der Waals surface area contributed by atoms with Gasteiger partial charge in [0.1, 0.15) is 5.69 Å². The van der Waals surface area contributed by atoms with Crippen molar-refractivity contribution >= 4 is 5.69 Å². The first-order chi connectivity index (χ1) is 5.81. The normalized spacial score (nSPS) is 9.83. The molecule has 1 rings (SSSR count). The summed E-state index contributed by atoms with van der Waals surface area (Å²) in [6, 6.07) is 5.07. The lowest BCUT2D eigenvalue weighted by atomic mass is 10.1. The predicted octanol–water partition coefficient (Wildman–Crippen LogP) is 1.00. The van der Waals surface area contributed by atoms with Gasteiger partial charge in [0, 0.05) is 13.1 Å². The molecule has 1 aromatic carbocycles. The molecule has 0 heterocycles. The standard InChI is InChI=1S/C8H11N3O/c9-4-6-1-2-8(11-12)3-7(6)5-10/h1-3H,4-5,9-10H2. The highest BCUT2D eigenvalue weighted by atomic mass is 16.3. The summed E-state index contributed by atoms with van der Waals surface area (Å²) in [5.41, 5.74) is 13.1. The Bertz CT molecular complexity index is 286. The van der Waals surface area contributed by atoms with E-state index in [4.69, 9.17) is 11.5 Å².